The first-order valence-electron chi connectivity index (χ1n) is 6.84. The largest absolute Gasteiger partial charge is 0.313 e. The highest BCUT2D eigenvalue weighted by molar-refractivity contribution is 6.30. The highest BCUT2D eigenvalue weighted by Gasteiger charge is 2.38. The van der Waals surface area contributed by atoms with E-state index in [0.29, 0.717) is 5.41 Å². The van der Waals surface area contributed by atoms with Crippen molar-refractivity contribution in [2.24, 2.45) is 5.41 Å². The minimum atomic E-state index is -0.293. The van der Waals surface area contributed by atoms with Gasteiger partial charge in [-0.2, -0.15) is 0 Å². The van der Waals surface area contributed by atoms with Crippen molar-refractivity contribution in [2.45, 2.75) is 44.6 Å². The minimum Gasteiger partial charge on any atom is -0.313 e. The van der Waals surface area contributed by atoms with Gasteiger partial charge in [0.2, 0.25) is 0 Å². The van der Waals surface area contributed by atoms with Crippen LogP contribution in [0.4, 0.5) is 4.39 Å². The fourth-order valence-electron chi connectivity index (χ4n) is 2.82. The molecule has 0 amide bonds. The molecule has 98 valence electrons. The third kappa shape index (κ3) is 2.70. The summed E-state index contributed by atoms with van der Waals surface area (Å²) in [5, 5.41) is 3.85. The number of hydrogen-bond donors (Lipinski definition) is 1. The Hall–Kier alpha value is -0.600. The Labute approximate surface area is 113 Å². The van der Waals surface area contributed by atoms with Gasteiger partial charge in [-0.1, -0.05) is 24.1 Å². The second kappa shape index (κ2) is 4.82. The monoisotopic (exact) mass is 267 g/mol. The van der Waals surface area contributed by atoms with Crippen molar-refractivity contribution in [3.8, 4) is 0 Å². The topological polar surface area (TPSA) is 12.0 Å². The van der Waals surface area contributed by atoms with Crippen molar-refractivity contribution in [3.63, 3.8) is 0 Å². The van der Waals surface area contributed by atoms with Crippen molar-refractivity contribution in [1.82, 2.24) is 5.32 Å². The molecule has 2 fully saturated rings. The maximum atomic E-state index is 13.5. The molecular weight excluding hydrogens is 249 g/mol. The van der Waals surface area contributed by atoms with Crippen LogP contribution in [0.2, 0.25) is 5.02 Å². The zero-order valence-electron chi connectivity index (χ0n) is 10.5. The Morgan fingerprint density at radius 1 is 1.33 bits per heavy atom. The Morgan fingerprint density at radius 2 is 2.11 bits per heavy atom. The third-order valence-electron chi connectivity index (χ3n) is 4.32. The molecule has 0 saturated heterocycles. The van der Waals surface area contributed by atoms with Gasteiger partial charge in [-0.05, 0) is 55.2 Å². The average Bonchev–Trinajstić information content (AvgIpc) is 3.11. The van der Waals surface area contributed by atoms with Crippen LogP contribution in [-0.2, 0) is 6.42 Å². The van der Waals surface area contributed by atoms with Crippen LogP contribution in [0, 0.1) is 11.2 Å². The smallest absolute Gasteiger partial charge is 0.142 e. The van der Waals surface area contributed by atoms with Gasteiger partial charge >= 0.3 is 0 Å². The summed E-state index contributed by atoms with van der Waals surface area (Å²) < 4.78 is 13.5. The zero-order chi connectivity index (χ0) is 12.6. The van der Waals surface area contributed by atoms with Gasteiger partial charge in [0.25, 0.3) is 0 Å². The van der Waals surface area contributed by atoms with Crippen molar-refractivity contribution < 1.29 is 4.39 Å². The number of benzene rings is 1. The van der Waals surface area contributed by atoms with Gasteiger partial charge in [0.05, 0.1) is 5.02 Å². The zero-order valence-corrected chi connectivity index (χ0v) is 11.3. The molecule has 2 aliphatic carbocycles. The first-order valence-corrected chi connectivity index (χ1v) is 7.22. The highest BCUT2D eigenvalue weighted by Crippen LogP contribution is 2.44. The van der Waals surface area contributed by atoms with E-state index < -0.39 is 0 Å². The van der Waals surface area contributed by atoms with Crippen LogP contribution in [-0.4, -0.2) is 12.6 Å². The highest BCUT2D eigenvalue weighted by atomic mass is 35.5. The fraction of sp³-hybridized carbons (Fsp3) is 0.600. The number of halogens is 2. The van der Waals surface area contributed by atoms with E-state index in [1.807, 2.05) is 6.07 Å². The van der Waals surface area contributed by atoms with E-state index >= 15 is 0 Å². The molecule has 1 aromatic carbocycles. The van der Waals surface area contributed by atoms with Gasteiger partial charge in [0.15, 0.2) is 0 Å². The van der Waals surface area contributed by atoms with Gasteiger partial charge in [0.1, 0.15) is 5.82 Å². The molecule has 0 spiro atoms. The normalized spacial score (nSPS) is 21.7. The third-order valence-corrected chi connectivity index (χ3v) is 4.63. The Morgan fingerprint density at radius 3 is 2.67 bits per heavy atom. The Balaban J connectivity index is 1.66. The Kier molecular flexibility index (Phi) is 3.33. The van der Waals surface area contributed by atoms with Gasteiger partial charge < -0.3 is 5.32 Å². The summed E-state index contributed by atoms with van der Waals surface area (Å²) in [5.74, 6) is -0.293. The predicted molar refractivity (Wildman–Crippen MR) is 72.4 cm³/mol. The Bertz CT molecular complexity index is 438. The molecule has 2 aliphatic rings. The predicted octanol–water partition coefficient (Wildman–Crippen LogP) is 3.94. The molecule has 18 heavy (non-hydrogen) atoms. The van der Waals surface area contributed by atoms with Crippen molar-refractivity contribution in [1.29, 1.82) is 0 Å². The molecule has 3 rings (SSSR count). The molecule has 2 saturated carbocycles. The van der Waals surface area contributed by atoms with Crippen LogP contribution in [0.15, 0.2) is 18.2 Å². The van der Waals surface area contributed by atoms with Crippen molar-refractivity contribution in [2.75, 3.05) is 6.54 Å². The lowest BCUT2D eigenvalue weighted by atomic mass is 9.65. The molecule has 0 bridgehead atoms. The van der Waals surface area contributed by atoms with E-state index in [4.69, 9.17) is 11.6 Å². The molecule has 3 heteroatoms. The SMILES string of the molecule is Fc1cc(CC2(CNC3CC3)CCC2)ccc1Cl. The fourth-order valence-corrected chi connectivity index (χ4v) is 2.94. The summed E-state index contributed by atoms with van der Waals surface area (Å²) in [6.07, 6.45) is 7.45. The average molecular weight is 268 g/mol. The molecule has 1 nitrogen and oxygen atoms in total. The second-order valence-electron chi connectivity index (χ2n) is 5.93. The van der Waals surface area contributed by atoms with Gasteiger partial charge in [-0.3, -0.25) is 0 Å². The van der Waals surface area contributed by atoms with Crippen LogP contribution >= 0.6 is 11.6 Å². The first-order chi connectivity index (χ1) is 8.67. The van der Waals surface area contributed by atoms with E-state index in [2.05, 4.69) is 5.32 Å². The van der Waals surface area contributed by atoms with Crippen molar-refractivity contribution >= 4 is 11.6 Å². The minimum absolute atomic E-state index is 0.220. The lowest BCUT2D eigenvalue weighted by Gasteiger charge is -2.42. The molecule has 1 N–H and O–H groups in total. The number of hydrogen-bond acceptors (Lipinski definition) is 1. The number of nitrogens with one attached hydrogen (secondary N) is 1. The van der Waals surface area contributed by atoms with E-state index in [-0.39, 0.29) is 10.8 Å². The van der Waals surface area contributed by atoms with Crippen LogP contribution in [0.5, 0.6) is 0 Å². The summed E-state index contributed by atoms with van der Waals surface area (Å²) in [7, 11) is 0. The second-order valence-corrected chi connectivity index (χ2v) is 6.34. The van der Waals surface area contributed by atoms with Crippen molar-refractivity contribution in [3.05, 3.63) is 34.6 Å². The quantitative estimate of drug-likeness (QED) is 0.852. The summed E-state index contributed by atoms with van der Waals surface area (Å²) in [6, 6.07) is 5.99. The lowest BCUT2D eigenvalue weighted by molar-refractivity contribution is 0.129. The van der Waals surface area contributed by atoms with E-state index in [1.54, 1.807) is 12.1 Å². The first kappa shape index (κ1) is 12.4. The molecule has 0 atom stereocenters. The standard InChI is InChI=1S/C15H19ClFN/c16-13-5-2-11(8-14(13)17)9-15(6-1-7-15)10-18-12-3-4-12/h2,5,8,12,18H,1,3-4,6-7,9-10H2. The van der Waals surface area contributed by atoms with E-state index in [9.17, 15) is 4.39 Å². The van der Waals surface area contributed by atoms with Gasteiger partial charge in [-0.15, -0.1) is 0 Å². The van der Waals surface area contributed by atoms with Gasteiger partial charge in [0, 0.05) is 12.6 Å². The number of rotatable bonds is 5. The van der Waals surface area contributed by atoms with E-state index in [0.717, 1.165) is 24.6 Å². The maximum Gasteiger partial charge on any atom is 0.142 e. The van der Waals surface area contributed by atoms with Crippen LogP contribution in [0.1, 0.15) is 37.7 Å². The van der Waals surface area contributed by atoms with Crippen LogP contribution in [0.25, 0.3) is 0 Å². The summed E-state index contributed by atoms with van der Waals surface area (Å²) in [4.78, 5) is 0. The summed E-state index contributed by atoms with van der Waals surface area (Å²) in [5.41, 5.74) is 1.44. The van der Waals surface area contributed by atoms with E-state index in [1.165, 1.54) is 32.1 Å². The van der Waals surface area contributed by atoms with Crippen LogP contribution in [0.3, 0.4) is 0 Å². The molecule has 0 unspecified atom stereocenters. The molecule has 1 aromatic rings. The molecule has 0 aromatic heterocycles. The summed E-state index contributed by atoms with van der Waals surface area (Å²) >= 11 is 5.72. The molecule has 0 radical (unpaired) electrons. The van der Waals surface area contributed by atoms with Gasteiger partial charge in [-0.25, -0.2) is 4.39 Å². The molecular formula is C15H19ClFN. The molecule has 0 heterocycles. The maximum absolute atomic E-state index is 13.5. The van der Waals surface area contributed by atoms with Crippen LogP contribution < -0.4 is 5.32 Å². The molecule has 0 aliphatic heterocycles. The summed E-state index contributed by atoms with van der Waals surface area (Å²) in [6.45, 7) is 1.09. The lowest BCUT2D eigenvalue weighted by Crippen LogP contribution is -2.42.